The Morgan fingerprint density at radius 2 is 2.09 bits per heavy atom. The number of Topliss-reactive ketones (excluding diaryl/α,β-unsaturated/α-hetero) is 1. The molecule has 1 aromatic carbocycles. The van der Waals surface area contributed by atoms with Gasteiger partial charge in [0.05, 0.1) is 7.11 Å². The van der Waals surface area contributed by atoms with Crippen LogP contribution >= 0.6 is 12.4 Å². The highest BCUT2D eigenvalue weighted by atomic mass is 35.5. The van der Waals surface area contributed by atoms with Crippen LogP contribution in [0, 0.1) is 11.7 Å². The van der Waals surface area contributed by atoms with Gasteiger partial charge in [-0.2, -0.15) is 0 Å². The van der Waals surface area contributed by atoms with Crippen LogP contribution in [0.5, 0.6) is 5.75 Å². The molecule has 1 aliphatic rings. The zero-order chi connectivity index (χ0) is 15.2. The van der Waals surface area contributed by atoms with E-state index in [1.54, 1.807) is 0 Å². The average molecular weight is 331 g/mol. The zero-order valence-electron chi connectivity index (χ0n) is 12.4. The van der Waals surface area contributed by atoms with Crippen LogP contribution in [-0.2, 0) is 4.79 Å². The summed E-state index contributed by atoms with van der Waals surface area (Å²) >= 11 is 0. The number of ketones is 1. The van der Waals surface area contributed by atoms with E-state index >= 15 is 0 Å². The Morgan fingerprint density at radius 1 is 1.36 bits per heavy atom. The fourth-order valence-electron chi connectivity index (χ4n) is 2.05. The summed E-state index contributed by atoms with van der Waals surface area (Å²) in [5.74, 6) is -0.398. The van der Waals surface area contributed by atoms with Crippen LogP contribution in [0.1, 0.15) is 23.2 Å². The molecule has 7 heteroatoms. The van der Waals surface area contributed by atoms with Gasteiger partial charge in [0, 0.05) is 44.0 Å². The maximum absolute atomic E-state index is 13.5. The van der Waals surface area contributed by atoms with Gasteiger partial charge in [0.25, 0.3) is 0 Å². The number of methoxy groups -OCH3 is 1. The third-order valence-electron chi connectivity index (χ3n) is 3.51. The number of hydrogen-bond donors (Lipinski definition) is 2. The molecule has 122 valence electrons. The van der Waals surface area contributed by atoms with Crippen molar-refractivity contribution in [2.24, 2.45) is 5.92 Å². The van der Waals surface area contributed by atoms with E-state index in [0.717, 1.165) is 19.2 Å². The van der Waals surface area contributed by atoms with Crippen molar-refractivity contribution in [3.8, 4) is 5.75 Å². The van der Waals surface area contributed by atoms with Gasteiger partial charge in [-0.3, -0.25) is 9.59 Å². The Morgan fingerprint density at radius 3 is 2.64 bits per heavy atom. The molecule has 0 radical (unpaired) electrons. The van der Waals surface area contributed by atoms with Crippen LogP contribution in [0.3, 0.4) is 0 Å². The Bertz CT molecular complexity index is 536. The SMILES string of the molecule is COc1ccc(C(=O)CCC(=O)NCC2CNC2)cc1F.Cl. The van der Waals surface area contributed by atoms with Gasteiger partial charge in [-0.05, 0) is 18.2 Å². The van der Waals surface area contributed by atoms with Gasteiger partial charge < -0.3 is 15.4 Å². The second-order valence-corrected chi connectivity index (χ2v) is 5.10. The number of rotatable bonds is 7. The molecule has 2 N–H and O–H groups in total. The number of benzene rings is 1. The second kappa shape index (κ2) is 8.70. The summed E-state index contributed by atoms with van der Waals surface area (Å²) in [6.45, 7) is 2.48. The summed E-state index contributed by atoms with van der Waals surface area (Å²) in [7, 11) is 1.36. The first kappa shape index (κ1) is 18.4. The normalized spacial score (nSPS) is 13.7. The summed E-state index contributed by atoms with van der Waals surface area (Å²) < 4.78 is 18.3. The number of halogens is 2. The van der Waals surface area contributed by atoms with Gasteiger partial charge in [0.2, 0.25) is 5.91 Å². The molecular formula is C15H20ClFN2O3. The lowest BCUT2D eigenvalue weighted by molar-refractivity contribution is -0.121. The highest BCUT2D eigenvalue weighted by molar-refractivity contribution is 5.98. The first-order valence-electron chi connectivity index (χ1n) is 6.94. The van der Waals surface area contributed by atoms with Crippen molar-refractivity contribution >= 4 is 24.1 Å². The highest BCUT2D eigenvalue weighted by Crippen LogP contribution is 2.18. The molecule has 0 unspecified atom stereocenters. The van der Waals surface area contributed by atoms with Gasteiger partial charge in [0.15, 0.2) is 17.3 Å². The van der Waals surface area contributed by atoms with E-state index in [4.69, 9.17) is 4.74 Å². The van der Waals surface area contributed by atoms with Crippen LogP contribution in [0.25, 0.3) is 0 Å². The van der Waals surface area contributed by atoms with Crippen LogP contribution in [0.2, 0.25) is 0 Å². The number of carbonyl (C=O) groups is 2. The molecule has 0 spiro atoms. The molecule has 22 heavy (non-hydrogen) atoms. The van der Waals surface area contributed by atoms with Crippen LogP contribution < -0.4 is 15.4 Å². The number of nitrogens with one attached hydrogen (secondary N) is 2. The molecule has 2 rings (SSSR count). The van der Waals surface area contributed by atoms with Crippen molar-refractivity contribution in [2.45, 2.75) is 12.8 Å². The second-order valence-electron chi connectivity index (χ2n) is 5.10. The van der Waals surface area contributed by atoms with Gasteiger partial charge in [-0.1, -0.05) is 0 Å². The minimum absolute atomic E-state index is 0. The van der Waals surface area contributed by atoms with Crippen molar-refractivity contribution < 1.29 is 18.7 Å². The highest BCUT2D eigenvalue weighted by Gasteiger charge is 2.17. The monoisotopic (exact) mass is 330 g/mol. The maximum atomic E-state index is 13.5. The minimum Gasteiger partial charge on any atom is -0.494 e. The summed E-state index contributed by atoms with van der Waals surface area (Å²) in [5, 5.41) is 5.92. The van der Waals surface area contributed by atoms with Crippen LogP contribution in [0.15, 0.2) is 18.2 Å². The fraction of sp³-hybridized carbons (Fsp3) is 0.467. The number of ether oxygens (including phenoxy) is 1. The van der Waals surface area contributed by atoms with E-state index in [0.29, 0.717) is 12.5 Å². The van der Waals surface area contributed by atoms with Crippen LogP contribution in [-0.4, -0.2) is 38.4 Å². The summed E-state index contributed by atoms with van der Waals surface area (Å²) in [4.78, 5) is 23.5. The molecule has 0 bridgehead atoms. The molecule has 0 atom stereocenters. The van der Waals surface area contributed by atoms with E-state index in [1.165, 1.54) is 19.2 Å². The zero-order valence-corrected chi connectivity index (χ0v) is 13.2. The minimum atomic E-state index is -0.578. The fourth-order valence-corrected chi connectivity index (χ4v) is 2.05. The Labute approximate surface area is 135 Å². The van der Waals surface area contributed by atoms with E-state index < -0.39 is 5.82 Å². The smallest absolute Gasteiger partial charge is 0.220 e. The van der Waals surface area contributed by atoms with Gasteiger partial charge in [-0.15, -0.1) is 12.4 Å². The Kier molecular flexibility index (Phi) is 7.27. The first-order chi connectivity index (χ1) is 10.1. The first-order valence-corrected chi connectivity index (χ1v) is 6.94. The maximum Gasteiger partial charge on any atom is 0.220 e. The van der Waals surface area contributed by atoms with E-state index in [1.807, 2.05) is 0 Å². The Balaban J connectivity index is 0.00000242. The quantitative estimate of drug-likeness (QED) is 0.744. The summed E-state index contributed by atoms with van der Waals surface area (Å²) in [5.41, 5.74) is 0.254. The van der Waals surface area contributed by atoms with Crippen molar-refractivity contribution in [3.63, 3.8) is 0 Å². The molecular weight excluding hydrogens is 311 g/mol. The van der Waals surface area contributed by atoms with E-state index in [9.17, 15) is 14.0 Å². The predicted molar refractivity (Wildman–Crippen MR) is 83.1 cm³/mol. The van der Waals surface area contributed by atoms with Gasteiger partial charge >= 0.3 is 0 Å². The molecule has 1 heterocycles. The predicted octanol–water partition coefficient (Wildman–Crippen LogP) is 1.55. The lowest BCUT2D eigenvalue weighted by Crippen LogP contribution is -2.48. The van der Waals surface area contributed by atoms with Crippen molar-refractivity contribution in [1.82, 2.24) is 10.6 Å². The van der Waals surface area contributed by atoms with Crippen molar-refractivity contribution in [2.75, 3.05) is 26.7 Å². The lowest BCUT2D eigenvalue weighted by atomic mass is 10.0. The largest absolute Gasteiger partial charge is 0.494 e. The lowest BCUT2D eigenvalue weighted by Gasteiger charge is -2.27. The topological polar surface area (TPSA) is 67.4 Å². The van der Waals surface area contributed by atoms with Crippen molar-refractivity contribution in [1.29, 1.82) is 0 Å². The summed E-state index contributed by atoms with van der Waals surface area (Å²) in [6, 6.07) is 4.05. The third-order valence-corrected chi connectivity index (χ3v) is 3.51. The third kappa shape index (κ3) is 4.96. The number of amides is 1. The average Bonchev–Trinajstić information content (AvgIpc) is 2.43. The molecule has 1 saturated heterocycles. The van der Waals surface area contributed by atoms with Crippen LogP contribution in [0.4, 0.5) is 4.39 Å². The Hall–Kier alpha value is -1.66. The molecule has 0 aliphatic carbocycles. The standard InChI is InChI=1S/C15H19FN2O3.ClH/c1-21-14-4-2-11(6-12(14)16)13(19)3-5-15(20)18-9-10-7-17-8-10;/h2,4,6,10,17H,3,5,7-9H2,1H3,(H,18,20);1H. The molecule has 1 aromatic rings. The van der Waals surface area contributed by atoms with E-state index in [2.05, 4.69) is 10.6 Å². The number of hydrogen-bond acceptors (Lipinski definition) is 4. The molecule has 0 saturated carbocycles. The van der Waals surface area contributed by atoms with Crippen molar-refractivity contribution in [3.05, 3.63) is 29.6 Å². The molecule has 0 aromatic heterocycles. The molecule has 1 amide bonds. The van der Waals surface area contributed by atoms with Gasteiger partial charge in [0.1, 0.15) is 0 Å². The van der Waals surface area contributed by atoms with E-state index in [-0.39, 0.29) is 48.3 Å². The molecule has 1 aliphatic heterocycles. The molecule has 5 nitrogen and oxygen atoms in total. The summed E-state index contributed by atoms with van der Waals surface area (Å²) in [6.07, 6.45) is 0.188. The van der Waals surface area contributed by atoms with Gasteiger partial charge in [-0.25, -0.2) is 4.39 Å². The number of carbonyl (C=O) groups excluding carboxylic acids is 2. The molecule has 1 fully saturated rings.